The smallest absolute Gasteiger partial charge is 0.279 e. The number of hydrogen-bond acceptors (Lipinski definition) is 32. The van der Waals surface area contributed by atoms with E-state index in [1.807, 2.05) is 56.4 Å². The average molecular weight is 1880 g/mol. The van der Waals surface area contributed by atoms with Gasteiger partial charge in [0.2, 0.25) is 0 Å². The molecule has 44 heteroatoms. The molecule has 15 aromatic heterocycles. The van der Waals surface area contributed by atoms with E-state index in [0.717, 1.165) is 75.6 Å². The summed E-state index contributed by atoms with van der Waals surface area (Å²) in [4.78, 5) is 135. The number of anilines is 12. The van der Waals surface area contributed by atoms with Crippen LogP contribution in [0.5, 0.6) is 0 Å². The van der Waals surface area contributed by atoms with Crippen LogP contribution in [0.15, 0.2) is 203 Å². The van der Waals surface area contributed by atoms with Crippen LogP contribution < -0.4 is 86.0 Å². The summed E-state index contributed by atoms with van der Waals surface area (Å²) in [5.74, 6) is 0.926. The van der Waals surface area contributed by atoms with E-state index in [9.17, 15) is 38.4 Å². The van der Waals surface area contributed by atoms with E-state index in [1.165, 1.54) is 56.6 Å². The van der Waals surface area contributed by atoms with Crippen molar-refractivity contribution in [3.05, 3.63) is 259 Å². The van der Waals surface area contributed by atoms with Crippen LogP contribution in [0, 0.1) is 13.8 Å². The minimum absolute atomic E-state index is 0.0140. The van der Waals surface area contributed by atoms with E-state index in [-0.39, 0.29) is 118 Å². The Morgan fingerprint density at radius 3 is 0.949 bits per heavy atom. The summed E-state index contributed by atoms with van der Waals surface area (Å²) in [6, 6.07) is 33.5. The van der Waals surface area contributed by atoms with Crippen molar-refractivity contribution in [2.24, 2.45) is 0 Å². The highest BCUT2D eigenvalue weighted by atomic mass is 16.5. The predicted molar refractivity (Wildman–Crippen MR) is 517 cm³/mol. The number of ether oxygens (including phenoxy) is 5. The quantitative estimate of drug-likeness (QED) is 0.0219. The maximum absolute atomic E-state index is 13.2. The number of pyridine rings is 7. The van der Waals surface area contributed by atoms with Gasteiger partial charge in [-0.3, -0.25) is 62.0 Å². The summed E-state index contributed by atoms with van der Waals surface area (Å²) in [5, 5.41) is 54.9. The lowest BCUT2D eigenvalue weighted by atomic mass is 9.89. The highest BCUT2D eigenvalue weighted by molar-refractivity contribution is 5.97. The van der Waals surface area contributed by atoms with Crippen LogP contribution in [-0.4, -0.2) is 234 Å². The molecule has 1 aliphatic heterocycles. The van der Waals surface area contributed by atoms with Gasteiger partial charge in [-0.2, -0.15) is 0 Å². The van der Waals surface area contributed by atoms with E-state index >= 15 is 0 Å². The molecule has 4 amide bonds. The molecular formula is C94H105N31O13. The average Bonchev–Trinajstić information content (AvgIpc) is 1.63. The summed E-state index contributed by atoms with van der Waals surface area (Å²) in [5.41, 5.74) is 9.29. The van der Waals surface area contributed by atoms with Crippen molar-refractivity contribution in [2.75, 3.05) is 112 Å². The van der Waals surface area contributed by atoms with E-state index in [0.29, 0.717) is 127 Å². The largest absolute Gasteiger partial charge is 0.385 e. The van der Waals surface area contributed by atoms with Gasteiger partial charge in [-0.25, -0.2) is 43.0 Å². The Labute approximate surface area is 788 Å². The lowest BCUT2D eigenvalue weighted by Gasteiger charge is -2.35. The van der Waals surface area contributed by atoms with Crippen molar-refractivity contribution in [2.45, 2.75) is 133 Å². The Hall–Kier alpha value is -16.2. The fourth-order valence-corrected chi connectivity index (χ4v) is 16.6. The zero-order valence-corrected chi connectivity index (χ0v) is 77.3. The first-order chi connectivity index (χ1) is 67.1. The number of rotatable bonds is 28. The lowest BCUT2D eigenvalue weighted by molar-refractivity contribution is 0.00717. The van der Waals surface area contributed by atoms with Crippen molar-refractivity contribution in [1.82, 2.24) is 113 Å². The molecule has 714 valence electrons. The second-order valence-corrected chi connectivity index (χ2v) is 33.3. The predicted octanol–water partition coefficient (Wildman–Crippen LogP) is 8.45. The Kier molecular flexibility index (Phi) is 28.3. The number of fused-ring (bicyclic) bond motifs is 4. The molecule has 0 bridgehead atoms. The third kappa shape index (κ3) is 19.9. The molecule has 16 heterocycles. The summed E-state index contributed by atoms with van der Waals surface area (Å²) < 4.78 is 39.0. The normalized spacial score (nSPS) is 18.0. The lowest BCUT2D eigenvalue weighted by Crippen LogP contribution is -2.51. The van der Waals surface area contributed by atoms with Gasteiger partial charge in [-0.1, -0.05) is 6.07 Å². The number of hydrogen-bond donors (Lipinski definition) is 12. The number of carbonyl (C=O) groups excluding carboxylic acids is 4. The van der Waals surface area contributed by atoms with Gasteiger partial charge in [-0.05, 0) is 163 Å². The van der Waals surface area contributed by atoms with Crippen molar-refractivity contribution in [3.8, 4) is 17.2 Å². The number of nitrogens with zero attached hydrogens (tertiary/aromatic N) is 19. The van der Waals surface area contributed by atoms with Crippen molar-refractivity contribution in [3.63, 3.8) is 0 Å². The molecule has 4 saturated carbocycles. The van der Waals surface area contributed by atoms with Gasteiger partial charge in [0.15, 0.2) is 68.6 Å². The highest BCUT2D eigenvalue weighted by Crippen LogP contribution is 2.32. The molecule has 15 aromatic rings. The molecule has 8 atom stereocenters. The zero-order chi connectivity index (χ0) is 96.4. The number of aromatic nitrogens is 19. The van der Waals surface area contributed by atoms with E-state index < -0.39 is 0 Å². The third-order valence-corrected chi connectivity index (χ3v) is 24.9. The number of carbonyl (C=O) groups is 4. The van der Waals surface area contributed by atoms with Crippen LogP contribution >= 0.6 is 0 Å². The van der Waals surface area contributed by atoms with Gasteiger partial charge in [-0.15, -0.1) is 20.4 Å². The van der Waals surface area contributed by atoms with Crippen molar-refractivity contribution in [1.29, 1.82) is 0 Å². The molecular weight excluding hydrogens is 1770 g/mol. The standard InChI is InChI=1S/2C24H26N8O3.C23H24N8O3.C23H29N7O4/c2*1-14-6-7-15(12-26-14)31-10-4-5-17(24(31)34)28-21-11-18(25-2)22-27-13-19(32(22)30-21)23(33)29-16-8-9-20(16)35-3;1-24-16-12-19(27-15-6-5-11-30(23(15)33)20-7-3-4-10-25-20)29-31-17(13-26-21(16)31)22(32)28-14-8-9-18(14)34-2;1-24-17-12-20(26-16-4-3-9-29(23(16)32)14-7-10-34-11-8-14)28-30-18(13-25-21(17)30)22(31)27-15-5-6-19(15)33-2/h2*4-7,10-13,16,20,25H,8-9H2,1-3H3,(H,28,30)(H,29,33);3-7,10-14,18,24H,8-9H2,1-2H3,(H,27,29)(H,28,32);3-4,9,12-15,19,24H,5-8,10-11H2,1-2H3,(H,26,28)(H,27,31)/t2*16-,20-;14-,18-;15-,19-/m1010/s1. The molecule has 4 aliphatic carbocycles. The van der Waals surface area contributed by atoms with Gasteiger partial charge in [0.05, 0.1) is 120 Å². The van der Waals surface area contributed by atoms with Gasteiger partial charge in [0.1, 0.15) is 28.6 Å². The number of imidazole rings is 4. The van der Waals surface area contributed by atoms with Gasteiger partial charge in [0, 0.05) is 143 Å². The first kappa shape index (κ1) is 93.6. The molecule has 5 fully saturated rings. The Morgan fingerprint density at radius 1 is 0.341 bits per heavy atom. The monoisotopic (exact) mass is 1880 g/mol. The molecule has 20 rings (SSSR count). The fraction of sp³-hybridized carbons (Fsp3) is 0.330. The first-order valence-corrected chi connectivity index (χ1v) is 45.0. The number of nitrogens with one attached hydrogen (secondary N) is 12. The van der Waals surface area contributed by atoms with Crippen LogP contribution in [0.4, 0.5) is 68.8 Å². The minimum Gasteiger partial charge on any atom is -0.385 e. The molecule has 12 N–H and O–H groups in total. The van der Waals surface area contributed by atoms with Crippen molar-refractivity contribution < 1.29 is 42.9 Å². The van der Waals surface area contributed by atoms with Gasteiger partial charge < -0.3 is 92.1 Å². The molecule has 0 spiro atoms. The topological polar surface area (TPSA) is 506 Å². The van der Waals surface area contributed by atoms with E-state index in [2.05, 4.69) is 119 Å². The van der Waals surface area contributed by atoms with Crippen LogP contribution in [0.1, 0.15) is 124 Å². The molecule has 44 nitrogen and oxygen atoms in total. The second-order valence-electron chi connectivity index (χ2n) is 33.3. The van der Waals surface area contributed by atoms with E-state index in [1.54, 1.807) is 177 Å². The van der Waals surface area contributed by atoms with Crippen LogP contribution in [0.3, 0.4) is 0 Å². The fourth-order valence-electron chi connectivity index (χ4n) is 16.6. The number of aryl methyl sites for hydroxylation is 2. The molecule has 138 heavy (non-hydrogen) atoms. The van der Waals surface area contributed by atoms with E-state index in [4.69, 9.17) is 23.7 Å². The Balaban J connectivity index is 0.000000127. The number of amides is 4. The maximum Gasteiger partial charge on any atom is 0.279 e. The third-order valence-electron chi connectivity index (χ3n) is 24.9. The van der Waals surface area contributed by atoms with Crippen LogP contribution in [0.25, 0.3) is 39.8 Å². The van der Waals surface area contributed by atoms with Crippen molar-refractivity contribution >= 4 is 115 Å². The van der Waals surface area contributed by atoms with Gasteiger partial charge >= 0.3 is 0 Å². The summed E-state index contributed by atoms with van der Waals surface area (Å²) >= 11 is 0. The maximum atomic E-state index is 13.2. The molecule has 5 aliphatic rings. The zero-order valence-electron chi connectivity index (χ0n) is 77.3. The molecule has 1 saturated heterocycles. The Morgan fingerprint density at radius 2 is 0.659 bits per heavy atom. The summed E-state index contributed by atoms with van der Waals surface area (Å²) in [6.07, 6.45) is 26.5. The number of methoxy groups -OCH3 is 4. The minimum atomic E-state index is -0.289. The molecule has 0 radical (unpaired) electrons. The van der Waals surface area contributed by atoms with Crippen LogP contribution in [-0.2, 0) is 23.7 Å². The molecule has 0 aromatic carbocycles. The second kappa shape index (κ2) is 41.7. The SMILES string of the molecule is CNc1cc(Nc2cccn(-c3ccc(C)nc3)c2=O)nn2c(C(=O)N[C@@H]3CC[C@H]3OC)cnc12.CNc1cc(Nc2cccn(-c3ccc(C)nc3)c2=O)nn2c(C(=O)N[C@H]3CC[C@@H]3OC)cnc12.CNc1cc(Nc2cccn(-c3ccccn3)c2=O)nn2c(C(=O)N[C@@H]3CC[C@H]3OC)cnc12.CNc1cc(Nc2cccn(C3CCOCC3)c2=O)nn2c(C(=O)N[C@H]3CC[C@@H]3OC)cnc12. The first-order valence-electron chi connectivity index (χ1n) is 45.0. The van der Waals surface area contributed by atoms with Gasteiger partial charge in [0.25, 0.3) is 45.9 Å². The Bertz CT molecular complexity index is 7000. The summed E-state index contributed by atoms with van der Waals surface area (Å²) in [7, 11) is 13.6. The van der Waals surface area contributed by atoms with Crippen LogP contribution in [0.2, 0.25) is 0 Å². The summed E-state index contributed by atoms with van der Waals surface area (Å²) in [6.45, 7) is 5.07. The highest BCUT2D eigenvalue weighted by Gasteiger charge is 2.38. The molecule has 0 unspecified atom stereocenters.